The van der Waals surface area contributed by atoms with Gasteiger partial charge in [-0.1, -0.05) is 0 Å². The molecule has 0 bridgehead atoms. The molecule has 0 saturated carbocycles. The number of hydrogen-bond acceptors (Lipinski definition) is 1. The SMILES string of the molecule is C=C(C)S[Se]CC. The maximum atomic E-state index is 3.77. The Hall–Kier alpha value is 0.609. The molecule has 0 aromatic heterocycles. The minimum absolute atomic E-state index is 0.756. The molecule has 0 unspecified atom stereocenters. The van der Waals surface area contributed by atoms with Crippen LogP contribution in [-0.2, 0) is 0 Å². The van der Waals surface area contributed by atoms with Gasteiger partial charge in [-0.3, -0.25) is 0 Å². The third-order valence-electron chi connectivity index (χ3n) is 0.319. The van der Waals surface area contributed by atoms with E-state index in [2.05, 4.69) is 20.4 Å². The van der Waals surface area contributed by atoms with Gasteiger partial charge in [0, 0.05) is 0 Å². The molecule has 42 valence electrons. The Morgan fingerprint density at radius 1 is 1.86 bits per heavy atom. The summed E-state index contributed by atoms with van der Waals surface area (Å²) in [6, 6.07) is 0. The molecule has 0 spiro atoms. The van der Waals surface area contributed by atoms with Crippen LogP contribution in [0.2, 0.25) is 5.32 Å². The van der Waals surface area contributed by atoms with Crippen LogP contribution >= 0.6 is 10.2 Å². The Labute approximate surface area is 55.0 Å². The van der Waals surface area contributed by atoms with Crippen LogP contribution in [0.15, 0.2) is 11.5 Å². The summed E-state index contributed by atoms with van der Waals surface area (Å²) in [6.45, 7) is 8.03. The van der Waals surface area contributed by atoms with E-state index in [-0.39, 0.29) is 0 Å². The van der Waals surface area contributed by atoms with E-state index < -0.39 is 0 Å². The van der Waals surface area contributed by atoms with E-state index in [9.17, 15) is 0 Å². The standard InChI is InChI=1S/C5H10SSe/c1-4-7-6-5(2)3/h2,4H2,1,3H3. The van der Waals surface area contributed by atoms with Gasteiger partial charge in [0.15, 0.2) is 0 Å². The Balaban J connectivity index is 2.82. The molecular formula is C5H10SSe. The van der Waals surface area contributed by atoms with Gasteiger partial charge >= 0.3 is 54.7 Å². The van der Waals surface area contributed by atoms with Crippen molar-refractivity contribution < 1.29 is 0 Å². The van der Waals surface area contributed by atoms with Gasteiger partial charge in [0.2, 0.25) is 0 Å². The van der Waals surface area contributed by atoms with Crippen LogP contribution in [0.3, 0.4) is 0 Å². The molecule has 7 heavy (non-hydrogen) atoms. The Bertz CT molecular complexity index is 61.1. The quantitative estimate of drug-likeness (QED) is 0.602. The zero-order valence-electron chi connectivity index (χ0n) is 4.73. The molecule has 0 rings (SSSR count). The van der Waals surface area contributed by atoms with E-state index in [1.54, 1.807) is 0 Å². The predicted molar refractivity (Wildman–Crippen MR) is 38.6 cm³/mol. The van der Waals surface area contributed by atoms with Crippen LogP contribution < -0.4 is 0 Å². The van der Waals surface area contributed by atoms with E-state index in [0.29, 0.717) is 0 Å². The fraction of sp³-hybridized carbons (Fsp3) is 0.600. The third-order valence-corrected chi connectivity index (χ3v) is 4.97. The van der Waals surface area contributed by atoms with Crippen molar-refractivity contribution in [3.05, 3.63) is 11.5 Å². The van der Waals surface area contributed by atoms with Crippen molar-refractivity contribution in [2.75, 3.05) is 0 Å². The van der Waals surface area contributed by atoms with Gasteiger partial charge in [-0.15, -0.1) is 0 Å². The van der Waals surface area contributed by atoms with Crippen LogP contribution in [0.1, 0.15) is 13.8 Å². The van der Waals surface area contributed by atoms with Gasteiger partial charge in [-0.25, -0.2) is 0 Å². The van der Waals surface area contributed by atoms with Gasteiger partial charge in [0.25, 0.3) is 0 Å². The molecule has 0 atom stereocenters. The molecule has 0 aliphatic heterocycles. The molecule has 0 fully saturated rings. The average Bonchev–Trinajstić information content (AvgIpc) is 1.61. The Morgan fingerprint density at radius 3 is 2.57 bits per heavy atom. The fourth-order valence-electron chi connectivity index (χ4n) is 0.160. The van der Waals surface area contributed by atoms with Crippen molar-refractivity contribution in [2.45, 2.75) is 19.2 Å². The molecule has 0 aliphatic rings. The number of rotatable bonds is 3. The van der Waals surface area contributed by atoms with E-state index in [4.69, 9.17) is 0 Å². The first-order valence-corrected chi connectivity index (χ1v) is 6.27. The van der Waals surface area contributed by atoms with Crippen molar-refractivity contribution in [3.63, 3.8) is 0 Å². The molecule has 2 heteroatoms. The van der Waals surface area contributed by atoms with Crippen LogP contribution in [-0.4, -0.2) is 13.8 Å². The summed E-state index contributed by atoms with van der Waals surface area (Å²) in [5.74, 6) is 0. The normalized spacial score (nSPS) is 8.86. The second-order valence-corrected chi connectivity index (χ2v) is 6.04. The first-order chi connectivity index (χ1) is 3.27. The molecule has 0 amide bonds. The molecule has 0 heterocycles. The van der Waals surface area contributed by atoms with Crippen molar-refractivity contribution in [3.8, 4) is 0 Å². The number of allylic oxidation sites excluding steroid dienone is 1. The van der Waals surface area contributed by atoms with Crippen molar-refractivity contribution >= 4 is 24.0 Å². The van der Waals surface area contributed by atoms with Crippen LogP contribution in [0, 0.1) is 0 Å². The second-order valence-electron chi connectivity index (χ2n) is 1.19. The number of hydrogen-bond donors (Lipinski definition) is 0. The maximum absolute atomic E-state index is 3.77. The van der Waals surface area contributed by atoms with Crippen LogP contribution in [0.5, 0.6) is 0 Å². The fourth-order valence-corrected chi connectivity index (χ4v) is 2.49. The molecule has 0 saturated heterocycles. The molecule has 0 aromatic rings. The third kappa shape index (κ3) is 6.61. The van der Waals surface area contributed by atoms with Gasteiger partial charge in [-0.05, 0) is 0 Å². The van der Waals surface area contributed by atoms with Gasteiger partial charge in [0.1, 0.15) is 0 Å². The summed E-state index contributed by atoms with van der Waals surface area (Å²) in [7, 11) is 1.90. The van der Waals surface area contributed by atoms with Crippen molar-refractivity contribution in [1.82, 2.24) is 0 Å². The molecule has 0 aromatic carbocycles. The summed E-state index contributed by atoms with van der Waals surface area (Å²) < 4.78 is 0. The van der Waals surface area contributed by atoms with Gasteiger partial charge in [-0.2, -0.15) is 0 Å². The zero-order valence-corrected chi connectivity index (χ0v) is 7.26. The van der Waals surface area contributed by atoms with Gasteiger partial charge in [0.05, 0.1) is 0 Å². The zero-order chi connectivity index (χ0) is 5.70. The molecular weight excluding hydrogens is 171 g/mol. The Morgan fingerprint density at radius 2 is 2.43 bits per heavy atom. The molecule has 0 radical (unpaired) electrons. The summed E-state index contributed by atoms with van der Waals surface area (Å²) in [4.78, 5) is 1.25. The minimum atomic E-state index is 0.756. The van der Waals surface area contributed by atoms with E-state index in [0.717, 1.165) is 13.8 Å². The van der Waals surface area contributed by atoms with Crippen molar-refractivity contribution in [1.29, 1.82) is 0 Å². The second kappa shape index (κ2) is 4.76. The summed E-state index contributed by atoms with van der Waals surface area (Å²) in [5, 5.41) is 1.31. The summed E-state index contributed by atoms with van der Waals surface area (Å²) >= 11 is 0.756. The van der Waals surface area contributed by atoms with Gasteiger partial charge < -0.3 is 0 Å². The van der Waals surface area contributed by atoms with Crippen LogP contribution in [0.25, 0.3) is 0 Å². The summed E-state index contributed by atoms with van der Waals surface area (Å²) in [6.07, 6.45) is 0. The van der Waals surface area contributed by atoms with E-state index in [1.165, 1.54) is 10.2 Å². The predicted octanol–water partition coefficient (Wildman–Crippen LogP) is 2.31. The molecule has 0 nitrogen and oxygen atoms in total. The van der Waals surface area contributed by atoms with Crippen LogP contribution in [0.4, 0.5) is 0 Å². The first kappa shape index (κ1) is 7.61. The Kier molecular flexibility index (Phi) is 5.18. The topological polar surface area (TPSA) is 0 Å². The summed E-state index contributed by atoms with van der Waals surface area (Å²) in [5.41, 5.74) is 0. The first-order valence-electron chi connectivity index (χ1n) is 2.22. The van der Waals surface area contributed by atoms with E-state index >= 15 is 0 Å². The van der Waals surface area contributed by atoms with E-state index in [1.807, 2.05) is 10.2 Å². The monoisotopic (exact) mass is 182 g/mol. The molecule has 0 N–H and O–H groups in total. The molecule has 0 aliphatic carbocycles. The average molecular weight is 181 g/mol. The van der Waals surface area contributed by atoms with Crippen molar-refractivity contribution in [2.24, 2.45) is 0 Å².